The van der Waals surface area contributed by atoms with Gasteiger partial charge in [-0.3, -0.25) is 19.6 Å². The molecule has 6 rings (SSSR count). The number of thiophene rings is 1. The molecule has 3 aromatic heterocycles. The van der Waals surface area contributed by atoms with Gasteiger partial charge in [-0.1, -0.05) is 12.5 Å². The Balaban J connectivity index is 1.32. The molecule has 1 aliphatic carbocycles. The number of piperidine rings is 1. The van der Waals surface area contributed by atoms with Gasteiger partial charge in [-0.15, -0.1) is 11.3 Å². The minimum atomic E-state index is -0.0554. The van der Waals surface area contributed by atoms with Gasteiger partial charge in [0, 0.05) is 36.4 Å². The van der Waals surface area contributed by atoms with Crippen LogP contribution in [0.4, 0.5) is 0 Å². The smallest absolute Gasteiger partial charge is 0.277 e. The van der Waals surface area contributed by atoms with Crippen LogP contribution < -0.4 is 5.56 Å². The lowest BCUT2D eigenvalue weighted by atomic mass is 9.99. The number of amides is 1. The molecule has 1 saturated heterocycles. The molecule has 1 saturated carbocycles. The second kappa shape index (κ2) is 7.60. The van der Waals surface area contributed by atoms with E-state index < -0.39 is 0 Å². The van der Waals surface area contributed by atoms with E-state index in [0.29, 0.717) is 30.7 Å². The number of hydrogen-bond acceptors (Lipinski definition) is 5. The van der Waals surface area contributed by atoms with Crippen molar-refractivity contribution in [2.75, 3.05) is 13.1 Å². The number of aromatic nitrogens is 3. The average molecular weight is 438 g/mol. The SMILES string of the molecule is O=C(C1CC1)N1CCc2nc3cc([C@@H]4CCCCN4Cc4cccs4)[nH]n3c(=O)c2C1. The third-order valence-electron chi connectivity index (χ3n) is 6.93. The van der Waals surface area contributed by atoms with Gasteiger partial charge in [0.25, 0.3) is 5.56 Å². The molecule has 1 atom stereocenters. The normalized spacial score (nSPS) is 22.1. The van der Waals surface area contributed by atoms with Crippen molar-refractivity contribution < 1.29 is 4.79 Å². The van der Waals surface area contributed by atoms with Crippen LogP contribution in [0.2, 0.25) is 0 Å². The quantitative estimate of drug-likeness (QED) is 0.681. The maximum atomic E-state index is 13.3. The van der Waals surface area contributed by atoms with E-state index in [2.05, 4.69) is 33.6 Å². The van der Waals surface area contributed by atoms with E-state index in [-0.39, 0.29) is 23.4 Å². The Labute approximate surface area is 184 Å². The number of aromatic amines is 1. The zero-order valence-corrected chi connectivity index (χ0v) is 18.4. The van der Waals surface area contributed by atoms with E-state index in [4.69, 9.17) is 4.98 Å². The Bertz CT molecular complexity index is 1180. The second-order valence-electron chi connectivity index (χ2n) is 9.09. The first-order valence-electron chi connectivity index (χ1n) is 11.4. The number of nitrogens with one attached hydrogen (secondary N) is 1. The maximum absolute atomic E-state index is 13.3. The molecule has 0 bridgehead atoms. The summed E-state index contributed by atoms with van der Waals surface area (Å²) in [5, 5.41) is 5.50. The fourth-order valence-electron chi connectivity index (χ4n) is 5.08. The zero-order valence-electron chi connectivity index (χ0n) is 17.5. The first-order valence-corrected chi connectivity index (χ1v) is 12.2. The van der Waals surface area contributed by atoms with Gasteiger partial charge in [-0.2, -0.15) is 0 Å². The number of nitrogens with zero attached hydrogens (tertiary/aromatic N) is 4. The minimum absolute atomic E-state index is 0.0554. The third kappa shape index (κ3) is 3.51. The molecule has 5 heterocycles. The van der Waals surface area contributed by atoms with Gasteiger partial charge in [-0.25, -0.2) is 9.50 Å². The standard InChI is InChI=1S/C23H27N5O2S/c29-22(15-6-7-15)27-10-8-18-17(14-27)23(30)28-21(24-18)12-19(25-28)20-5-1-2-9-26(20)13-16-4-3-11-31-16/h3-4,11-12,15,20,25H,1-2,5-10,13-14H2/t20-/m0/s1. The van der Waals surface area contributed by atoms with Gasteiger partial charge >= 0.3 is 0 Å². The van der Waals surface area contributed by atoms with Gasteiger partial charge in [0.05, 0.1) is 29.5 Å². The highest BCUT2D eigenvalue weighted by Gasteiger charge is 2.36. The van der Waals surface area contributed by atoms with Crippen molar-refractivity contribution in [1.82, 2.24) is 24.4 Å². The van der Waals surface area contributed by atoms with E-state index in [1.165, 1.54) is 17.7 Å². The highest BCUT2D eigenvalue weighted by molar-refractivity contribution is 7.09. The molecule has 1 N–H and O–H groups in total. The van der Waals surface area contributed by atoms with Crippen molar-refractivity contribution in [1.29, 1.82) is 0 Å². The molecule has 3 aromatic rings. The highest BCUT2D eigenvalue weighted by atomic mass is 32.1. The number of carbonyl (C=O) groups excluding carboxylic acids is 1. The first kappa shape index (κ1) is 19.3. The predicted octanol–water partition coefficient (Wildman–Crippen LogP) is 3.11. The van der Waals surface area contributed by atoms with Crippen LogP contribution in [0.5, 0.6) is 0 Å². The van der Waals surface area contributed by atoms with Crippen LogP contribution in [-0.2, 0) is 24.3 Å². The van der Waals surface area contributed by atoms with Gasteiger partial charge < -0.3 is 4.90 Å². The molecule has 162 valence electrons. The third-order valence-corrected chi connectivity index (χ3v) is 7.79. The number of carbonyl (C=O) groups is 1. The molecule has 1 amide bonds. The number of rotatable bonds is 4. The van der Waals surface area contributed by atoms with Crippen molar-refractivity contribution >= 4 is 22.9 Å². The largest absolute Gasteiger partial charge is 0.337 e. The fraction of sp³-hybridized carbons (Fsp3) is 0.522. The molecule has 2 aliphatic heterocycles. The summed E-state index contributed by atoms with van der Waals surface area (Å²) >= 11 is 1.80. The van der Waals surface area contributed by atoms with Gasteiger partial charge in [0.15, 0.2) is 5.65 Å². The Kier molecular flexibility index (Phi) is 4.72. The summed E-state index contributed by atoms with van der Waals surface area (Å²) in [4.78, 5) is 36.4. The van der Waals surface area contributed by atoms with E-state index in [1.807, 2.05) is 4.90 Å². The Hall–Kier alpha value is -2.45. The molecule has 0 aromatic carbocycles. The van der Waals surface area contributed by atoms with Gasteiger partial charge in [-0.05, 0) is 43.7 Å². The molecule has 0 radical (unpaired) electrons. The first-order chi connectivity index (χ1) is 15.2. The number of hydrogen-bond donors (Lipinski definition) is 1. The Morgan fingerprint density at radius 3 is 2.94 bits per heavy atom. The van der Waals surface area contributed by atoms with Crippen LogP contribution in [0.25, 0.3) is 5.65 Å². The van der Waals surface area contributed by atoms with Gasteiger partial charge in [0.2, 0.25) is 5.91 Å². The molecular formula is C23H27N5O2S. The lowest BCUT2D eigenvalue weighted by Crippen LogP contribution is -2.41. The minimum Gasteiger partial charge on any atom is -0.337 e. The van der Waals surface area contributed by atoms with Crippen LogP contribution in [0.15, 0.2) is 28.4 Å². The highest BCUT2D eigenvalue weighted by Crippen LogP contribution is 2.34. The van der Waals surface area contributed by atoms with Crippen LogP contribution in [0, 0.1) is 5.92 Å². The molecule has 31 heavy (non-hydrogen) atoms. The van der Waals surface area contributed by atoms with Crippen LogP contribution in [0.3, 0.4) is 0 Å². The summed E-state index contributed by atoms with van der Waals surface area (Å²) in [7, 11) is 0. The summed E-state index contributed by atoms with van der Waals surface area (Å²) in [6.45, 7) is 3.06. The van der Waals surface area contributed by atoms with Crippen LogP contribution in [-0.4, -0.2) is 43.4 Å². The monoisotopic (exact) mass is 437 g/mol. The molecular weight excluding hydrogens is 410 g/mol. The summed E-state index contributed by atoms with van der Waals surface area (Å²) in [6, 6.07) is 6.62. The van der Waals surface area contributed by atoms with Crippen LogP contribution in [0.1, 0.15) is 60.0 Å². The van der Waals surface area contributed by atoms with Crippen molar-refractivity contribution in [3.05, 3.63) is 55.8 Å². The molecule has 7 nitrogen and oxygen atoms in total. The average Bonchev–Trinajstić information content (AvgIpc) is 3.35. The topological polar surface area (TPSA) is 73.7 Å². The molecule has 2 fully saturated rings. The van der Waals surface area contributed by atoms with Gasteiger partial charge in [0.1, 0.15) is 0 Å². The van der Waals surface area contributed by atoms with E-state index >= 15 is 0 Å². The maximum Gasteiger partial charge on any atom is 0.277 e. The van der Waals surface area contributed by atoms with Crippen molar-refractivity contribution in [2.24, 2.45) is 5.92 Å². The number of likely N-dealkylation sites (tertiary alicyclic amines) is 1. The summed E-state index contributed by atoms with van der Waals surface area (Å²) in [5.74, 6) is 0.382. The molecule has 0 unspecified atom stereocenters. The van der Waals surface area contributed by atoms with E-state index in [1.54, 1.807) is 15.9 Å². The lowest BCUT2D eigenvalue weighted by Gasteiger charge is -2.34. The zero-order chi connectivity index (χ0) is 20.9. The van der Waals surface area contributed by atoms with Crippen molar-refractivity contribution in [3.8, 4) is 0 Å². The fourth-order valence-corrected chi connectivity index (χ4v) is 5.81. The number of fused-ring (bicyclic) bond motifs is 2. The van der Waals surface area contributed by atoms with Crippen LogP contribution >= 0.6 is 11.3 Å². The second-order valence-corrected chi connectivity index (χ2v) is 10.1. The summed E-state index contributed by atoms with van der Waals surface area (Å²) < 4.78 is 1.59. The Morgan fingerprint density at radius 2 is 2.13 bits per heavy atom. The predicted molar refractivity (Wildman–Crippen MR) is 119 cm³/mol. The summed E-state index contributed by atoms with van der Waals surface area (Å²) in [6.07, 6.45) is 6.12. The number of H-pyrrole nitrogens is 1. The molecule has 3 aliphatic rings. The van der Waals surface area contributed by atoms with E-state index in [9.17, 15) is 9.59 Å². The van der Waals surface area contributed by atoms with Crippen molar-refractivity contribution in [2.45, 2.75) is 57.7 Å². The van der Waals surface area contributed by atoms with E-state index in [0.717, 1.165) is 43.7 Å². The molecule has 8 heteroatoms. The Morgan fingerprint density at radius 1 is 1.23 bits per heavy atom. The summed E-state index contributed by atoms with van der Waals surface area (Å²) in [5.41, 5.74) is 3.23. The van der Waals surface area contributed by atoms with Crippen molar-refractivity contribution in [3.63, 3.8) is 0 Å². The lowest BCUT2D eigenvalue weighted by molar-refractivity contribution is -0.133. The molecule has 0 spiro atoms.